The molecule has 2 atom stereocenters. The van der Waals surface area contributed by atoms with E-state index in [9.17, 15) is 4.79 Å². The smallest absolute Gasteiger partial charge is 0.223 e. The fourth-order valence-electron chi connectivity index (χ4n) is 4.65. The lowest BCUT2D eigenvalue weighted by Gasteiger charge is -2.41. The first-order valence-corrected chi connectivity index (χ1v) is 8.98. The standard InChI is InChI=1S/C20H25NO3/c1-23-17-11-14-10-13-6-5-7-15(13)20(16(14)12-18(17)24-2)21-9-4-3-8-19(21)22/h10-12,15,20H,3-9H2,1-2H3/t15-,20+/m1/s1. The highest BCUT2D eigenvalue weighted by molar-refractivity contribution is 5.78. The van der Waals surface area contributed by atoms with Crippen molar-refractivity contribution in [1.29, 1.82) is 0 Å². The van der Waals surface area contributed by atoms with Crippen LogP contribution in [0.5, 0.6) is 11.5 Å². The van der Waals surface area contributed by atoms with Crippen molar-refractivity contribution in [3.8, 4) is 11.5 Å². The highest BCUT2D eigenvalue weighted by atomic mass is 16.5. The number of ether oxygens (including phenoxy) is 2. The first-order valence-electron chi connectivity index (χ1n) is 8.98. The number of piperidine rings is 1. The molecule has 0 N–H and O–H groups in total. The maximum absolute atomic E-state index is 12.6. The van der Waals surface area contributed by atoms with Crippen molar-refractivity contribution in [2.45, 2.75) is 44.6 Å². The van der Waals surface area contributed by atoms with Crippen LogP contribution in [0.2, 0.25) is 0 Å². The molecule has 24 heavy (non-hydrogen) atoms. The van der Waals surface area contributed by atoms with E-state index in [0.717, 1.165) is 37.3 Å². The van der Waals surface area contributed by atoms with Crippen molar-refractivity contribution in [3.05, 3.63) is 28.8 Å². The van der Waals surface area contributed by atoms with Gasteiger partial charge in [-0.05, 0) is 55.4 Å². The summed E-state index contributed by atoms with van der Waals surface area (Å²) in [7, 11) is 3.34. The Bertz CT molecular complexity index is 694. The lowest BCUT2D eigenvalue weighted by atomic mass is 9.79. The fraction of sp³-hybridized carbons (Fsp3) is 0.550. The van der Waals surface area contributed by atoms with Crippen molar-refractivity contribution in [3.63, 3.8) is 0 Å². The van der Waals surface area contributed by atoms with Gasteiger partial charge in [0.2, 0.25) is 5.91 Å². The van der Waals surface area contributed by atoms with Crippen LogP contribution in [0.3, 0.4) is 0 Å². The molecule has 1 amide bonds. The number of hydrogen-bond acceptors (Lipinski definition) is 3. The van der Waals surface area contributed by atoms with E-state index in [-0.39, 0.29) is 6.04 Å². The van der Waals surface area contributed by atoms with Crippen molar-refractivity contribution < 1.29 is 14.3 Å². The molecule has 1 aromatic rings. The predicted molar refractivity (Wildman–Crippen MR) is 93.2 cm³/mol. The number of carbonyl (C=O) groups excluding carboxylic acids is 1. The topological polar surface area (TPSA) is 38.8 Å². The SMILES string of the molecule is COc1cc2c(cc1OC)[C@@H](N1CCCCC1=O)[C@@H]1CCCC1=C2. The van der Waals surface area contributed by atoms with Gasteiger partial charge in [0.05, 0.1) is 20.3 Å². The lowest BCUT2D eigenvalue weighted by Crippen LogP contribution is -2.42. The first kappa shape index (κ1) is 15.6. The molecule has 0 bridgehead atoms. The summed E-state index contributed by atoms with van der Waals surface area (Å²) < 4.78 is 11.0. The Hall–Kier alpha value is -1.97. The minimum absolute atomic E-state index is 0.162. The Kier molecular flexibility index (Phi) is 3.99. The quantitative estimate of drug-likeness (QED) is 0.843. The van der Waals surface area contributed by atoms with Gasteiger partial charge in [-0.25, -0.2) is 0 Å². The summed E-state index contributed by atoms with van der Waals surface area (Å²) >= 11 is 0. The molecule has 1 saturated heterocycles. The van der Waals surface area contributed by atoms with E-state index in [1.54, 1.807) is 14.2 Å². The Balaban J connectivity index is 1.84. The van der Waals surface area contributed by atoms with Crippen LogP contribution in [0.1, 0.15) is 55.7 Å². The van der Waals surface area contributed by atoms with Gasteiger partial charge in [0.15, 0.2) is 11.5 Å². The van der Waals surface area contributed by atoms with Gasteiger partial charge in [0, 0.05) is 18.9 Å². The number of rotatable bonds is 3. The number of hydrogen-bond donors (Lipinski definition) is 0. The Morgan fingerprint density at radius 2 is 1.83 bits per heavy atom. The zero-order valence-corrected chi connectivity index (χ0v) is 14.5. The van der Waals surface area contributed by atoms with E-state index in [0.29, 0.717) is 18.2 Å². The highest BCUT2D eigenvalue weighted by Gasteiger charge is 2.40. The maximum Gasteiger partial charge on any atom is 0.223 e. The number of nitrogens with zero attached hydrogens (tertiary/aromatic N) is 1. The minimum Gasteiger partial charge on any atom is -0.493 e. The summed E-state index contributed by atoms with van der Waals surface area (Å²) in [6.45, 7) is 0.876. The molecule has 1 aromatic carbocycles. The molecule has 0 radical (unpaired) electrons. The molecule has 0 spiro atoms. The van der Waals surface area contributed by atoms with Gasteiger partial charge in [0.25, 0.3) is 0 Å². The molecule has 1 aliphatic heterocycles. The second-order valence-electron chi connectivity index (χ2n) is 7.04. The molecule has 4 rings (SSSR count). The third-order valence-electron chi connectivity index (χ3n) is 5.78. The number of amides is 1. The Morgan fingerprint density at radius 3 is 2.58 bits per heavy atom. The van der Waals surface area contributed by atoms with Gasteiger partial charge < -0.3 is 14.4 Å². The van der Waals surface area contributed by atoms with Crippen molar-refractivity contribution in [2.24, 2.45) is 5.92 Å². The van der Waals surface area contributed by atoms with Gasteiger partial charge >= 0.3 is 0 Å². The van der Waals surface area contributed by atoms with Crippen LogP contribution in [0.25, 0.3) is 6.08 Å². The molecule has 0 aromatic heterocycles. The van der Waals surface area contributed by atoms with E-state index in [4.69, 9.17) is 9.47 Å². The minimum atomic E-state index is 0.162. The average Bonchev–Trinajstić information content (AvgIpc) is 3.07. The van der Waals surface area contributed by atoms with Gasteiger partial charge in [-0.3, -0.25) is 4.79 Å². The molecule has 1 heterocycles. The molecule has 128 valence electrons. The third-order valence-corrected chi connectivity index (χ3v) is 5.78. The van der Waals surface area contributed by atoms with E-state index < -0.39 is 0 Å². The van der Waals surface area contributed by atoms with Gasteiger partial charge in [-0.1, -0.05) is 11.6 Å². The van der Waals surface area contributed by atoms with Crippen molar-refractivity contribution >= 4 is 12.0 Å². The number of likely N-dealkylation sites (tertiary alicyclic amines) is 1. The number of carbonyl (C=O) groups is 1. The zero-order chi connectivity index (χ0) is 16.7. The van der Waals surface area contributed by atoms with Crippen LogP contribution in [0.15, 0.2) is 17.7 Å². The van der Waals surface area contributed by atoms with E-state index in [1.807, 2.05) is 0 Å². The molecule has 4 nitrogen and oxygen atoms in total. The Labute approximate surface area is 143 Å². The maximum atomic E-state index is 12.6. The summed E-state index contributed by atoms with van der Waals surface area (Å²) in [5, 5.41) is 0. The monoisotopic (exact) mass is 327 g/mol. The Morgan fingerprint density at radius 1 is 1.04 bits per heavy atom. The lowest BCUT2D eigenvalue weighted by molar-refractivity contribution is -0.137. The molecule has 2 aliphatic carbocycles. The molecular formula is C20H25NO3. The highest BCUT2D eigenvalue weighted by Crippen LogP contribution is 2.50. The second-order valence-corrected chi connectivity index (χ2v) is 7.04. The number of fused-ring (bicyclic) bond motifs is 2. The van der Waals surface area contributed by atoms with Gasteiger partial charge in [0.1, 0.15) is 0 Å². The van der Waals surface area contributed by atoms with E-state index in [2.05, 4.69) is 23.1 Å². The van der Waals surface area contributed by atoms with Crippen molar-refractivity contribution in [2.75, 3.05) is 20.8 Å². The molecule has 1 saturated carbocycles. The first-order chi connectivity index (χ1) is 11.7. The predicted octanol–water partition coefficient (Wildman–Crippen LogP) is 3.95. The summed E-state index contributed by atoms with van der Waals surface area (Å²) in [5.41, 5.74) is 3.90. The number of methoxy groups -OCH3 is 2. The van der Waals surface area contributed by atoms with E-state index in [1.165, 1.54) is 29.5 Å². The molecule has 4 heteroatoms. The third kappa shape index (κ3) is 2.40. The van der Waals surface area contributed by atoms with Crippen LogP contribution in [-0.4, -0.2) is 31.6 Å². The van der Waals surface area contributed by atoms with Crippen molar-refractivity contribution in [1.82, 2.24) is 4.90 Å². The largest absolute Gasteiger partial charge is 0.493 e. The number of benzene rings is 1. The fourth-order valence-corrected chi connectivity index (χ4v) is 4.65. The van der Waals surface area contributed by atoms with Gasteiger partial charge in [-0.2, -0.15) is 0 Å². The van der Waals surface area contributed by atoms with Crippen LogP contribution in [0, 0.1) is 5.92 Å². The second kappa shape index (κ2) is 6.15. The molecule has 2 fully saturated rings. The summed E-state index contributed by atoms with van der Waals surface area (Å²) in [6.07, 6.45) is 8.68. The molecule has 3 aliphatic rings. The average molecular weight is 327 g/mol. The van der Waals surface area contributed by atoms with Crippen LogP contribution >= 0.6 is 0 Å². The summed E-state index contributed by atoms with van der Waals surface area (Å²) in [5.74, 6) is 2.28. The molecular weight excluding hydrogens is 302 g/mol. The normalized spacial score (nSPS) is 25.8. The summed E-state index contributed by atoms with van der Waals surface area (Å²) in [4.78, 5) is 14.8. The summed E-state index contributed by atoms with van der Waals surface area (Å²) in [6, 6.07) is 4.32. The van der Waals surface area contributed by atoms with Gasteiger partial charge in [-0.15, -0.1) is 0 Å². The zero-order valence-electron chi connectivity index (χ0n) is 14.5. The van der Waals surface area contributed by atoms with Crippen LogP contribution in [-0.2, 0) is 4.79 Å². The van der Waals surface area contributed by atoms with Crippen LogP contribution < -0.4 is 9.47 Å². The van der Waals surface area contributed by atoms with Crippen LogP contribution in [0.4, 0.5) is 0 Å². The van der Waals surface area contributed by atoms with E-state index >= 15 is 0 Å². The molecule has 0 unspecified atom stereocenters.